The van der Waals surface area contributed by atoms with Gasteiger partial charge in [0.1, 0.15) is 0 Å². The van der Waals surface area contributed by atoms with Gasteiger partial charge in [-0.25, -0.2) is 0 Å². The summed E-state index contributed by atoms with van der Waals surface area (Å²) in [6, 6.07) is 0. The third-order valence-corrected chi connectivity index (χ3v) is 5.65. The summed E-state index contributed by atoms with van der Waals surface area (Å²) >= 11 is 0. The monoisotopic (exact) mass is 480 g/mol. The van der Waals surface area contributed by atoms with E-state index in [0.29, 0.717) is 18.8 Å². The number of unbranched alkanes of at least 4 members (excludes halogenated alkanes) is 2. The molecule has 0 spiro atoms. The van der Waals surface area contributed by atoms with Gasteiger partial charge in [0.2, 0.25) is 0 Å². The number of hydrogen-bond donors (Lipinski definition) is 6. The van der Waals surface area contributed by atoms with Crippen LogP contribution in [0.2, 0.25) is 0 Å². The largest absolute Gasteiger partial charge is 0.481 e. The van der Waals surface area contributed by atoms with Gasteiger partial charge in [0, 0.05) is 18.3 Å². The molecule has 0 radical (unpaired) electrons. The quantitative estimate of drug-likeness (QED) is 0.192. The molecular weight excluding hydrogens is 428 g/mol. The lowest BCUT2D eigenvalue weighted by Gasteiger charge is -2.38. The van der Waals surface area contributed by atoms with Crippen LogP contribution in [0.5, 0.6) is 0 Å². The summed E-state index contributed by atoms with van der Waals surface area (Å²) in [7, 11) is 0. The lowest BCUT2D eigenvalue weighted by molar-refractivity contribution is -0.139. The van der Waals surface area contributed by atoms with Crippen molar-refractivity contribution in [2.24, 2.45) is 17.3 Å². The first-order chi connectivity index (χ1) is 15.2. The summed E-state index contributed by atoms with van der Waals surface area (Å²) in [5.74, 6) is -0.972. The van der Waals surface area contributed by atoms with E-state index in [4.69, 9.17) is 20.4 Å². The van der Waals surface area contributed by atoms with Crippen molar-refractivity contribution in [2.75, 3.05) is 6.61 Å². The number of aliphatic hydroxyl groups excluding tert-OH is 4. The highest BCUT2D eigenvalue weighted by molar-refractivity contribution is 5.67. The summed E-state index contributed by atoms with van der Waals surface area (Å²) in [5, 5.41) is 52.9. The normalized spacial score (nSPS) is 14.8. The fourth-order valence-electron chi connectivity index (χ4n) is 3.21. The molecular formula is C25H52O8. The van der Waals surface area contributed by atoms with Gasteiger partial charge in [-0.1, -0.05) is 67.2 Å². The fourth-order valence-corrected chi connectivity index (χ4v) is 3.21. The van der Waals surface area contributed by atoms with Gasteiger partial charge >= 0.3 is 11.9 Å². The zero-order valence-electron chi connectivity index (χ0n) is 22.0. The van der Waals surface area contributed by atoms with Gasteiger partial charge in [0.05, 0.1) is 24.9 Å². The van der Waals surface area contributed by atoms with E-state index in [-0.39, 0.29) is 25.4 Å². The number of rotatable bonds is 15. The van der Waals surface area contributed by atoms with Crippen LogP contribution < -0.4 is 0 Å². The molecule has 0 aromatic heterocycles. The number of aliphatic hydroxyl groups is 4. The Morgan fingerprint density at radius 1 is 0.848 bits per heavy atom. The highest BCUT2D eigenvalue weighted by atomic mass is 16.4. The van der Waals surface area contributed by atoms with Crippen LogP contribution in [0.4, 0.5) is 0 Å². The number of carboxylic acid groups (broad SMARTS) is 2. The number of hydrogen-bond acceptors (Lipinski definition) is 6. The van der Waals surface area contributed by atoms with Crippen LogP contribution in [0.1, 0.15) is 106 Å². The van der Waals surface area contributed by atoms with Gasteiger partial charge in [-0.2, -0.15) is 0 Å². The van der Waals surface area contributed by atoms with E-state index in [1.165, 1.54) is 26.2 Å². The average molecular weight is 481 g/mol. The van der Waals surface area contributed by atoms with Crippen LogP contribution in [0, 0.1) is 17.3 Å². The Morgan fingerprint density at radius 3 is 1.55 bits per heavy atom. The molecule has 0 heterocycles. The van der Waals surface area contributed by atoms with E-state index in [0.717, 1.165) is 12.8 Å². The maximum Gasteiger partial charge on any atom is 0.303 e. The van der Waals surface area contributed by atoms with Crippen LogP contribution in [-0.4, -0.2) is 67.5 Å². The van der Waals surface area contributed by atoms with Crippen molar-refractivity contribution in [3.63, 3.8) is 0 Å². The summed E-state index contributed by atoms with van der Waals surface area (Å²) in [4.78, 5) is 19.8. The Balaban J connectivity index is -0.000000500. The van der Waals surface area contributed by atoms with Gasteiger partial charge in [-0.3, -0.25) is 9.59 Å². The molecule has 0 rings (SSSR count). The van der Waals surface area contributed by atoms with E-state index in [2.05, 4.69) is 13.8 Å². The number of carbonyl (C=O) groups is 2. The molecule has 0 bridgehead atoms. The Labute approximate surface area is 201 Å². The van der Waals surface area contributed by atoms with Gasteiger partial charge in [-0.05, 0) is 38.0 Å². The molecule has 0 saturated carbocycles. The van der Waals surface area contributed by atoms with Crippen molar-refractivity contribution in [1.82, 2.24) is 0 Å². The molecule has 0 fully saturated rings. The second-order valence-corrected chi connectivity index (χ2v) is 9.70. The predicted octanol–water partition coefficient (Wildman–Crippen LogP) is 4.07. The Hall–Kier alpha value is -1.22. The Bertz CT molecular complexity index is 461. The second-order valence-electron chi connectivity index (χ2n) is 9.70. The van der Waals surface area contributed by atoms with Crippen LogP contribution in [0.3, 0.4) is 0 Å². The van der Waals surface area contributed by atoms with E-state index in [1.807, 2.05) is 27.7 Å². The summed E-state index contributed by atoms with van der Waals surface area (Å²) in [5.41, 5.74) is -0.423. The van der Waals surface area contributed by atoms with E-state index in [1.54, 1.807) is 0 Å². The average Bonchev–Trinajstić information content (AvgIpc) is 2.73. The first kappa shape index (κ1) is 36.4. The highest BCUT2D eigenvalue weighted by Crippen LogP contribution is 2.34. The minimum Gasteiger partial charge on any atom is -0.481 e. The molecule has 0 aromatic carbocycles. The zero-order chi connectivity index (χ0) is 26.6. The maximum absolute atomic E-state index is 10.4. The summed E-state index contributed by atoms with van der Waals surface area (Å²) in [6.45, 7) is 13.8. The molecule has 200 valence electrons. The summed E-state index contributed by atoms with van der Waals surface area (Å²) < 4.78 is 0. The minimum absolute atomic E-state index is 0.0628. The van der Waals surface area contributed by atoms with E-state index < -0.39 is 35.7 Å². The van der Waals surface area contributed by atoms with Gasteiger partial charge in [0.25, 0.3) is 0 Å². The van der Waals surface area contributed by atoms with Crippen molar-refractivity contribution in [3.8, 4) is 0 Å². The topological polar surface area (TPSA) is 156 Å². The van der Waals surface area contributed by atoms with Crippen molar-refractivity contribution in [3.05, 3.63) is 0 Å². The van der Waals surface area contributed by atoms with Gasteiger partial charge in [0.15, 0.2) is 0 Å². The number of aliphatic carboxylic acids is 2. The first-order valence-corrected chi connectivity index (χ1v) is 12.3. The highest BCUT2D eigenvalue weighted by Gasteiger charge is 2.37. The Kier molecular flexibility index (Phi) is 23.5. The second kappa shape index (κ2) is 21.3. The SMILES string of the molecule is CC(O)CO.CCCCC(CC)CC(O)C(C)(C)C(O)C(C)C.O=C(O)CCCCC(=O)O. The molecule has 4 unspecified atom stereocenters. The lowest BCUT2D eigenvalue weighted by atomic mass is 9.73. The molecule has 0 aliphatic carbocycles. The first-order valence-electron chi connectivity index (χ1n) is 12.3. The molecule has 0 saturated heterocycles. The van der Waals surface area contributed by atoms with E-state index >= 15 is 0 Å². The molecule has 8 nitrogen and oxygen atoms in total. The molecule has 33 heavy (non-hydrogen) atoms. The van der Waals surface area contributed by atoms with Crippen molar-refractivity contribution in [2.45, 2.75) is 125 Å². The van der Waals surface area contributed by atoms with Crippen LogP contribution >= 0.6 is 0 Å². The molecule has 0 amide bonds. The maximum atomic E-state index is 10.4. The molecule has 0 aromatic rings. The van der Waals surface area contributed by atoms with Crippen LogP contribution in [0.25, 0.3) is 0 Å². The molecule has 0 aliphatic heterocycles. The van der Waals surface area contributed by atoms with Gasteiger partial charge < -0.3 is 30.6 Å². The zero-order valence-corrected chi connectivity index (χ0v) is 22.0. The molecule has 4 atom stereocenters. The van der Waals surface area contributed by atoms with Crippen molar-refractivity contribution >= 4 is 11.9 Å². The van der Waals surface area contributed by atoms with Crippen molar-refractivity contribution in [1.29, 1.82) is 0 Å². The minimum atomic E-state index is -0.870. The Morgan fingerprint density at radius 2 is 1.27 bits per heavy atom. The van der Waals surface area contributed by atoms with Crippen molar-refractivity contribution < 1.29 is 40.2 Å². The fraction of sp³-hybridized carbons (Fsp3) is 0.920. The molecule has 0 aliphatic rings. The van der Waals surface area contributed by atoms with E-state index in [9.17, 15) is 19.8 Å². The lowest BCUT2D eigenvalue weighted by Crippen LogP contribution is -2.44. The molecule has 8 heteroatoms. The van der Waals surface area contributed by atoms with Crippen LogP contribution in [-0.2, 0) is 9.59 Å². The third kappa shape index (κ3) is 22.3. The van der Waals surface area contributed by atoms with Gasteiger partial charge in [-0.15, -0.1) is 0 Å². The smallest absolute Gasteiger partial charge is 0.303 e. The van der Waals surface area contributed by atoms with Crippen LogP contribution in [0.15, 0.2) is 0 Å². The number of carboxylic acids is 2. The third-order valence-electron chi connectivity index (χ3n) is 5.65. The standard InChI is InChI=1S/C16H34O2.C6H10O4.C3H8O2/c1-7-9-10-13(8-2)11-14(17)16(5,6)15(18)12(3)4;7-5(8)3-1-2-4-6(9)10;1-3(5)2-4/h12-15,17-18H,7-11H2,1-6H3;1-4H2,(H,7,8)(H,9,10);3-5H,2H2,1H3. The molecule has 6 N–H and O–H groups in total. The predicted molar refractivity (Wildman–Crippen MR) is 131 cm³/mol. The summed E-state index contributed by atoms with van der Waals surface area (Å²) in [6.07, 6.45) is 5.16.